The molecule has 0 saturated carbocycles. The second-order valence-electron chi connectivity index (χ2n) is 7.57. The van der Waals surface area contributed by atoms with Gasteiger partial charge in [-0.3, -0.25) is 9.88 Å². The minimum absolute atomic E-state index is 0.297. The molecule has 2 aromatic heterocycles. The standard InChI is InChI=1S/C21H25B2N5/c22-15-8-9-16(23)21-20(15)26-18(27-21)13-28(12-2-1-10-24)17-7-3-5-14-6-4-11-25-19(14)17/h4,6,8-9,11,17H,1-3,5,7,10,12-13,24H2,(H,26,27)/t17-/m0/s1. The van der Waals surface area contributed by atoms with Gasteiger partial charge in [0.1, 0.15) is 21.5 Å². The molecule has 3 N–H and O–H groups in total. The van der Waals surface area contributed by atoms with Crippen molar-refractivity contribution in [2.24, 2.45) is 5.73 Å². The normalized spacial score (nSPS) is 16.6. The van der Waals surface area contributed by atoms with Crippen LogP contribution in [0.25, 0.3) is 11.0 Å². The number of hydrogen-bond acceptors (Lipinski definition) is 4. The van der Waals surface area contributed by atoms with Gasteiger partial charge in [0.15, 0.2) is 0 Å². The van der Waals surface area contributed by atoms with Crippen LogP contribution >= 0.6 is 0 Å². The topological polar surface area (TPSA) is 70.8 Å². The van der Waals surface area contributed by atoms with Gasteiger partial charge in [-0.2, -0.15) is 0 Å². The van der Waals surface area contributed by atoms with E-state index in [-0.39, 0.29) is 0 Å². The van der Waals surface area contributed by atoms with Gasteiger partial charge < -0.3 is 10.7 Å². The molecule has 0 unspecified atom stereocenters. The van der Waals surface area contributed by atoms with Gasteiger partial charge in [-0.15, -0.1) is 0 Å². The van der Waals surface area contributed by atoms with Crippen LogP contribution in [0.2, 0.25) is 0 Å². The molecule has 3 aromatic rings. The molecule has 0 amide bonds. The Morgan fingerprint density at radius 2 is 2.04 bits per heavy atom. The van der Waals surface area contributed by atoms with Crippen molar-refractivity contribution in [3.8, 4) is 0 Å². The Hall–Kier alpha value is -2.11. The first kappa shape index (κ1) is 19.2. The average molecular weight is 369 g/mol. The van der Waals surface area contributed by atoms with Gasteiger partial charge in [0.05, 0.1) is 29.3 Å². The third-order valence-corrected chi connectivity index (χ3v) is 5.62. The van der Waals surface area contributed by atoms with Crippen molar-refractivity contribution in [2.75, 3.05) is 13.1 Å². The highest BCUT2D eigenvalue weighted by atomic mass is 15.2. The van der Waals surface area contributed by atoms with Crippen LogP contribution in [0.15, 0.2) is 30.5 Å². The van der Waals surface area contributed by atoms with Crippen LogP contribution in [0.3, 0.4) is 0 Å². The Morgan fingerprint density at radius 1 is 1.18 bits per heavy atom. The van der Waals surface area contributed by atoms with Crippen LogP contribution in [0.4, 0.5) is 0 Å². The Kier molecular flexibility index (Phi) is 5.83. The van der Waals surface area contributed by atoms with Crippen LogP contribution in [0.5, 0.6) is 0 Å². The lowest BCUT2D eigenvalue weighted by molar-refractivity contribution is 0.159. The highest BCUT2D eigenvalue weighted by Gasteiger charge is 2.27. The number of aromatic amines is 1. The Bertz CT molecular complexity index is 916. The smallest absolute Gasteiger partial charge is 0.121 e. The molecular formula is C21H25B2N5. The summed E-state index contributed by atoms with van der Waals surface area (Å²) in [6.45, 7) is 2.38. The van der Waals surface area contributed by atoms with Crippen molar-refractivity contribution in [3.63, 3.8) is 0 Å². The molecular weight excluding hydrogens is 344 g/mol. The summed E-state index contributed by atoms with van der Waals surface area (Å²) in [4.78, 5) is 15.3. The van der Waals surface area contributed by atoms with E-state index in [9.17, 15) is 0 Å². The summed E-state index contributed by atoms with van der Waals surface area (Å²) >= 11 is 0. The highest BCUT2D eigenvalue weighted by Crippen LogP contribution is 2.33. The lowest BCUT2D eigenvalue weighted by Gasteiger charge is -2.34. The number of aromatic nitrogens is 3. The minimum Gasteiger partial charge on any atom is -0.341 e. The maximum atomic E-state index is 6.11. The molecule has 1 aromatic carbocycles. The number of unbranched alkanes of at least 4 members (excludes halogenated alkanes) is 1. The molecule has 0 saturated heterocycles. The number of rotatable bonds is 7. The highest BCUT2D eigenvalue weighted by molar-refractivity contribution is 6.43. The summed E-state index contributed by atoms with van der Waals surface area (Å²) in [7, 11) is 12.2. The van der Waals surface area contributed by atoms with Crippen molar-refractivity contribution in [1.82, 2.24) is 19.9 Å². The van der Waals surface area contributed by atoms with E-state index in [1.165, 1.54) is 17.7 Å². The number of benzene rings is 1. The number of fused-ring (bicyclic) bond motifs is 2. The summed E-state index contributed by atoms with van der Waals surface area (Å²) < 4.78 is 0. The van der Waals surface area contributed by atoms with E-state index in [0.717, 1.165) is 49.1 Å². The fourth-order valence-electron chi connectivity index (χ4n) is 4.19. The second kappa shape index (κ2) is 8.50. The monoisotopic (exact) mass is 369 g/mol. The number of nitrogens with one attached hydrogen (secondary N) is 1. The van der Waals surface area contributed by atoms with E-state index in [2.05, 4.69) is 16.0 Å². The zero-order valence-corrected chi connectivity index (χ0v) is 16.2. The van der Waals surface area contributed by atoms with E-state index in [1.54, 1.807) is 0 Å². The van der Waals surface area contributed by atoms with Crippen LogP contribution < -0.4 is 16.7 Å². The predicted octanol–water partition coefficient (Wildman–Crippen LogP) is 1.16. The van der Waals surface area contributed by atoms with Gasteiger partial charge >= 0.3 is 0 Å². The molecule has 0 bridgehead atoms. The van der Waals surface area contributed by atoms with E-state index in [4.69, 9.17) is 31.4 Å². The SMILES string of the molecule is [B]c1ccc([B])c2[nH]c(CN(CCCCN)[C@H]3CCCc4cccnc43)nc12. The summed E-state index contributed by atoms with van der Waals surface area (Å²) in [6, 6.07) is 8.16. The third-order valence-electron chi connectivity index (χ3n) is 5.62. The van der Waals surface area contributed by atoms with Crippen molar-refractivity contribution < 1.29 is 0 Å². The van der Waals surface area contributed by atoms with Gasteiger partial charge in [-0.25, -0.2) is 4.98 Å². The lowest BCUT2D eigenvalue weighted by atomic mass is 9.87. The maximum absolute atomic E-state index is 6.11. The Morgan fingerprint density at radius 3 is 2.86 bits per heavy atom. The number of nitrogens with two attached hydrogens (primary N) is 1. The van der Waals surface area contributed by atoms with Crippen molar-refractivity contribution in [3.05, 3.63) is 47.5 Å². The molecule has 1 atom stereocenters. The second-order valence-corrected chi connectivity index (χ2v) is 7.57. The van der Waals surface area contributed by atoms with Crippen molar-refractivity contribution in [2.45, 2.75) is 44.7 Å². The van der Waals surface area contributed by atoms with Gasteiger partial charge in [-0.1, -0.05) is 29.1 Å². The molecule has 0 fully saturated rings. The van der Waals surface area contributed by atoms with Gasteiger partial charge in [0.2, 0.25) is 0 Å². The Labute approximate surface area is 169 Å². The number of hydrogen-bond donors (Lipinski definition) is 2. The van der Waals surface area contributed by atoms with Crippen molar-refractivity contribution >= 4 is 37.7 Å². The van der Waals surface area contributed by atoms with Gasteiger partial charge in [0.25, 0.3) is 0 Å². The fraction of sp³-hybridized carbons (Fsp3) is 0.429. The van der Waals surface area contributed by atoms with Crippen molar-refractivity contribution in [1.29, 1.82) is 0 Å². The van der Waals surface area contributed by atoms with Crippen LogP contribution in [0, 0.1) is 0 Å². The molecule has 2 heterocycles. The first-order valence-electron chi connectivity index (χ1n) is 10.1. The number of H-pyrrole nitrogens is 1. The van der Waals surface area contributed by atoms with E-state index < -0.39 is 0 Å². The largest absolute Gasteiger partial charge is 0.341 e. The van der Waals surface area contributed by atoms with Gasteiger partial charge in [-0.05, 0) is 56.8 Å². The predicted molar refractivity (Wildman–Crippen MR) is 115 cm³/mol. The first-order chi connectivity index (χ1) is 13.7. The van der Waals surface area contributed by atoms with Crippen LogP contribution in [-0.2, 0) is 13.0 Å². The molecule has 5 nitrogen and oxygen atoms in total. The molecule has 140 valence electrons. The lowest BCUT2D eigenvalue weighted by Crippen LogP contribution is -2.33. The molecule has 4 rings (SSSR count). The fourth-order valence-corrected chi connectivity index (χ4v) is 4.19. The number of aryl methyl sites for hydroxylation is 1. The molecule has 7 heteroatoms. The molecule has 0 spiro atoms. The van der Waals surface area contributed by atoms with Crippen LogP contribution in [-0.4, -0.2) is 48.6 Å². The molecule has 0 aliphatic heterocycles. The number of imidazole rings is 1. The average Bonchev–Trinajstić information content (AvgIpc) is 3.15. The Balaban J connectivity index is 1.64. The molecule has 1 aliphatic rings. The minimum atomic E-state index is 0.297. The molecule has 4 radical (unpaired) electrons. The first-order valence-corrected chi connectivity index (χ1v) is 10.1. The summed E-state index contributed by atoms with van der Waals surface area (Å²) in [5.74, 6) is 0.885. The zero-order valence-electron chi connectivity index (χ0n) is 16.2. The third kappa shape index (κ3) is 3.87. The van der Waals surface area contributed by atoms with E-state index in [0.29, 0.717) is 30.1 Å². The maximum Gasteiger partial charge on any atom is 0.121 e. The molecule has 28 heavy (non-hydrogen) atoms. The number of pyridine rings is 1. The quantitative estimate of drug-likeness (QED) is 0.485. The number of nitrogens with zero attached hydrogens (tertiary/aromatic N) is 3. The van der Waals surface area contributed by atoms with E-state index in [1.807, 2.05) is 24.4 Å². The zero-order chi connectivity index (χ0) is 19.5. The van der Waals surface area contributed by atoms with E-state index >= 15 is 0 Å². The van der Waals surface area contributed by atoms with Gasteiger partial charge in [0, 0.05) is 6.20 Å². The summed E-state index contributed by atoms with van der Waals surface area (Å²) in [6.07, 6.45) is 7.36. The summed E-state index contributed by atoms with van der Waals surface area (Å²) in [5.41, 5.74) is 11.2. The van der Waals surface area contributed by atoms with Crippen LogP contribution in [0.1, 0.15) is 48.8 Å². The summed E-state index contributed by atoms with van der Waals surface area (Å²) in [5, 5.41) is 0. The molecule has 1 aliphatic carbocycles.